The monoisotopic (exact) mass is 399 g/mol. The van der Waals surface area contributed by atoms with Crippen LogP contribution >= 0.6 is 0 Å². The number of benzene rings is 2. The van der Waals surface area contributed by atoms with E-state index < -0.39 is 36.4 Å². The minimum atomic E-state index is -1.23. The summed E-state index contributed by atoms with van der Waals surface area (Å²) in [7, 11) is 0. The highest BCUT2D eigenvalue weighted by molar-refractivity contribution is 5.90. The van der Waals surface area contributed by atoms with Crippen molar-refractivity contribution in [1.29, 1.82) is 0 Å². The average molecular weight is 399 g/mol. The molecule has 8 heteroatoms. The summed E-state index contributed by atoms with van der Waals surface area (Å²) in [5.74, 6) is -2.41. The van der Waals surface area contributed by atoms with Crippen LogP contribution in [0.2, 0.25) is 0 Å². The molecule has 2 amide bonds. The largest absolute Gasteiger partial charge is 0.480 e. The minimum absolute atomic E-state index is 0.0131. The van der Waals surface area contributed by atoms with Crippen molar-refractivity contribution in [1.82, 2.24) is 10.4 Å². The molecule has 0 radical (unpaired) electrons. The van der Waals surface area contributed by atoms with Crippen molar-refractivity contribution in [3.8, 4) is 0 Å². The summed E-state index contributed by atoms with van der Waals surface area (Å²) in [6, 6.07) is 16.3. The predicted molar refractivity (Wildman–Crippen MR) is 106 cm³/mol. The van der Waals surface area contributed by atoms with Gasteiger partial charge in [0.1, 0.15) is 19.2 Å². The number of carbonyl (C=O) groups is 3. The summed E-state index contributed by atoms with van der Waals surface area (Å²) < 4.78 is 0. The number of hydrogen-bond acceptors (Lipinski definition) is 5. The molecule has 0 aliphatic carbocycles. The Kier molecular flexibility index (Phi) is 8.32. The fraction of sp³-hybridized carbons (Fsp3) is 0.286. The molecule has 2 aromatic carbocycles. The number of aliphatic carboxylic acids is 1. The van der Waals surface area contributed by atoms with Crippen LogP contribution in [0.25, 0.3) is 0 Å². The topological polar surface area (TPSA) is 122 Å². The number of nitrogens with two attached hydrogens (primary N) is 1. The van der Waals surface area contributed by atoms with E-state index >= 15 is 0 Å². The van der Waals surface area contributed by atoms with E-state index in [-0.39, 0.29) is 13.0 Å². The highest BCUT2D eigenvalue weighted by atomic mass is 16.7. The van der Waals surface area contributed by atoms with Gasteiger partial charge in [-0.05, 0) is 18.1 Å². The standard InChI is InChI=1S/C21H25N3O5/c1-15(22)20(27)23-18(12-16-8-4-2-5-9-16)21(28)24(13-19(25)26)29-14-17-10-6-3-7-11-17/h2-11,15,18H,12-14,22H2,1H3,(H,23,27)(H,25,26)/t15-,18-/m0/s1. The summed E-state index contributed by atoms with van der Waals surface area (Å²) in [5.41, 5.74) is 7.18. The van der Waals surface area contributed by atoms with Gasteiger partial charge in [-0.1, -0.05) is 60.7 Å². The van der Waals surface area contributed by atoms with Crippen LogP contribution in [0.1, 0.15) is 18.1 Å². The van der Waals surface area contributed by atoms with E-state index in [2.05, 4.69) is 5.32 Å². The molecule has 29 heavy (non-hydrogen) atoms. The molecule has 2 atom stereocenters. The van der Waals surface area contributed by atoms with Gasteiger partial charge >= 0.3 is 5.97 Å². The number of rotatable bonds is 10. The Balaban J connectivity index is 2.19. The molecule has 0 bridgehead atoms. The fourth-order valence-electron chi connectivity index (χ4n) is 2.56. The number of nitrogens with zero attached hydrogens (tertiary/aromatic N) is 1. The van der Waals surface area contributed by atoms with Crippen LogP contribution < -0.4 is 11.1 Å². The lowest BCUT2D eigenvalue weighted by Crippen LogP contribution is -2.53. The van der Waals surface area contributed by atoms with Crippen molar-refractivity contribution in [3.05, 3.63) is 71.8 Å². The van der Waals surface area contributed by atoms with Gasteiger partial charge in [0.2, 0.25) is 5.91 Å². The second kappa shape index (κ2) is 10.9. The number of carboxylic acids is 1. The first-order chi connectivity index (χ1) is 13.9. The SMILES string of the molecule is C[C@H](N)C(=O)N[C@@H](Cc1ccccc1)C(=O)N(CC(=O)O)OCc1ccccc1. The summed E-state index contributed by atoms with van der Waals surface area (Å²) >= 11 is 0. The lowest BCUT2D eigenvalue weighted by atomic mass is 10.0. The smallest absolute Gasteiger partial charge is 0.325 e. The first-order valence-electron chi connectivity index (χ1n) is 9.16. The molecule has 0 saturated heterocycles. The lowest BCUT2D eigenvalue weighted by Gasteiger charge is -2.26. The number of hydrogen-bond donors (Lipinski definition) is 3. The maximum atomic E-state index is 13.0. The van der Waals surface area contributed by atoms with E-state index in [0.717, 1.165) is 16.2 Å². The maximum absolute atomic E-state index is 13.0. The summed E-state index contributed by atoms with van der Waals surface area (Å²) in [4.78, 5) is 41.9. The number of amides is 2. The Labute approximate surface area is 169 Å². The number of carbonyl (C=O) groups excluding carboxylic acids is 2. The number of carboxylic acid groups (broad SMARTS) is 1. The van der Waals surface area contributed by atoms with Crippen molar-refractivity contribution >= 4 is 17.8 Å². The molecule has 0 unspecified atom stereocenters. The first-order valence-corrected chi connectivity index (χ1v) is 9.16. The van der Waals surface area contributed by atoms with Crippen molar-refractivity contribution in [3.63, 3.8) is 0 Å². The number of nitrogens with one attached hydrogen (secondary N) is 1. The molecule has 0 aromatic heterocycles. The zero-order chi connectivity index (χ0) is 21.2. The zero-order valence-electron chi connectivity index (χ0n) is 16.2. The molecule has 8 nitrogen and oxygen atoms in total. The van der Waals surface area contributed by atoms with E-state index in [0.29, 0.717) is 0 Å². The zero-order valence-corrected chi connectivity index (χ0v) is 16.2. The third-order valence-corrected chi connectivity index (χ3v) is 4.07. The average Bonchev–Trinajstić information content (AvgIpc) is 2.71. The van der Waals surface area contributed by atoms with Crippen LogP contribution in [0.4, 0.5) is 0 Å². The molecule has 4 N–H and O–H groups in total. The third-order valence-electron chi connectivity index (χ3n) is 4.07. The van der Waals surface area contributed by atoms with Crippen molar-refractivity contribution < 1.29 is 24.3 Å². The van der Waals surface area contributed by atoms with Crippen LogP contribution in [0.15, 0.2) is 60.7 Å². The van der Waals surface area contributed by atoms with Crippen LogP contribution in [-0.4, -0.2) is 46.6 Å². The van der Waals surface area contributed by atoms with E-state index in [1.54, 1.807) is 12.1 Å². The van der Waals surface area contributed by atoms with E-state index in [9.17, 15) is 19.5 Å². The van der Waals surface area contributed by atoms with Crippen molar-refractivity contribution in [2.24, 2.45) is 5.73 Å². The Morgan fingerprint density at radius 3 is 2.10 bits per heavy atom. The highest BCUT2D eigenvalue weighted by Gasteiger charge is 2.29. The predicted octanol–water partition coefficient (Wildman–Crippen LogP) is 1.11. The summed E-state index contributed by atoms with van der Waals surface area (Å²) in [5, 5.41) is 12.5. The Hall–Kier alpha value is -3.23. The van der Waals surface area contributed by atoms with Crippen LogP contribution in [0, 0.1) is 0 Å². The van der Waals surface area contributed by atoms with E-state index in [1.165, 1.54) is 6.92 Å². The molecular weight excluding hydrogens is 374 g/mol. The molecule has 0 spiro atoms. The van der Waals surface area contributed by atoms with Crippen LogP contribution in [0.3, 0.4) is 0 Å². The van der Waals surface area contributed by atoms with Gasteiger partial charge < -0.3 is 16.2 Å². The molecule has 2 aromatic rings. The van der Waals surface area contributed by atoms with Gasteiger partial charge in [0.15, 0.2) is 0 Å². The Morgan fingerprint density at radius 1 is 1.03 bits per heavy atom. The first kappa shape index (κ1) is 22.1. The molecular formula is C21H25N3O5. The Bertz CT molecular complexity index is 812. The van der Waals surface area contributed by atoms with E-state index in [4.69, 9.17) is 10.6 Å². The van der Waals surface area contributed by atoms with Crippen LogP contribution in [0.5, 0.6) is 0 Å². The number of hydroxylamine groups is 2. The third kappa shape index (κ3) is 7.36. The van der Waals surface area contributed by atoms with E-state index in [1.807, 2.05) is 48.5 Å². The van der Waals surface area contributed by atoms with Gasteiger partial charge in [-0.2, -0.15) is 0 Å². The summed E-state index contributed by atoms with van der Waals surface area (Å²) in [6.45, 7) is 0.852. The van der Waals surface area contributed by atoms with Gasteiger partial charge in [0, 0.05) is 6.42 Å². The van der Waals surface area contributed by atoms with Gasteiger partial charge in [0.05, 0.1) is 6.04 Å². The van der Waals surface area contributed by atoms with Crippen molar-refractivity contribution in [2.75, 3.05) is 6.54 Å². The second-order valence-corrected chi connectivity index (χ2v) is 6.57. The van der Waals surface area contributed by atoms with Gasteiger partial charge in [-0.3, -0.25) is 19.2 Å². The van der Waals surface area contributed by atoms with Gasteiger partial charge in [-0.15, -0.1) is 0 Å². The fourth-order valence-corrected chi connectivity index (χ4v) is 2.56. The normalized spacial score (nSPS) is 12.6. The molecule has 0 heterocycles. The van der Waals surface area contributed by atoms with Crippen LogP contribution in [-0.2, 0) is 32.2 Å². The Morgan fingerprint density at radius 2 is 1.59 bits per heavy atom. The summed E-state index contributed by atoms with van der Waals surface area (Å²) in [6.07, 6.45) is 0.170. The minimum Gasteiger partial charge on any atom is -0.480 e. The maximum Gasteiger partial charge on any atom is 0.325 e. The molecule has 0 aliphatic heterocycles. The second-order valence-electron chi connectivity index (χ2n) is 6.57. The van der Waals surface area contributed by atoms with Gasteiger partial charge in [-0.25, -0.2) is 5.06 Å². The highest BCUT2D eigenvalue weighted by Crippen LogP contribution is 2.09. The quantitative estimate of drug-likeness (QED) is 0.515. The molecule has 154 valence electrons. The molecule has 0 fully saturated rings. The lowest BCUT2D eigenvalue weighted by molar-refractivity contribution is -0.198. The van der Waals surface area contributed by atoms with Gasteiger partial charge in [0.25, 0.3) is 5.91 Å². The molecule has 2 rings (SSSR count). The molecule has 0 saturated carbocycles. The molecule has 0 aliphatic rings. The van der Waals surface area contributed by atoms with Crippen molar-refractivity contribution in [2.45, 2.75) is 32.0 Å².